The van der Waals surface area contributed by atoms with Crippen molar-refractivity contribution in [3.8, 4) is 0 Å². The molecular formula is C11H18N4O5. The van der Waals surface area contributed by atoms with Gasteiger partial charge in [0.05, 0.1) is 19.8 Å². The Bertz CT molecular complexity index is 423. The van der Waals surface area contributed by atoms with Crippen molar-refractivity contribution in [2.45, 2.75) is 0 Å². The summed E-state index contributed by atoms with van der Waals surface area (Å²) in [6.45, 7) is 0.745. The van der Waals surface area contributed by atoms with Crippen molar-refractivity contribution in [3.63, 3.8) is 0 Å². The van der Waals surface area contributed by atoms with Gasteiger partial charge in [-0.25, -0.2) is 0 Å². The van der Waals surface area contributed by atoms with Gasteiger partial charge < -0.3 is 20.6 Å². The Morgan fingerprint density at radius 2 is 2.00 bits per heavy atom. The summed E-state index contributed by atoms with van der Waals surface area (Å²) in [5, 5.41) is 5.77. The lowest BCUT2D eigenvalue weighted by atomic mass is 10.1. The minimum atomic E-state index is -1.30. The molecule has 1 atom stereocenters. The van der Waals surface area contributed by atoms with Crippen molar-refractivity contribution in [2.75, 3.05) is 40.5 Å². The fourth-order valence-electron chi connectivity index (χ4n) is 1.77. The molecule has 112 valence electrons. The number of hydrogen-bond acceptors (Lipinski definition) is 7. The van der Waals surface area contributed by atoms with Crippen LogP contribution >= 0.6 is 0 Å². The van der Waals surface area contributed by atoms with Crippen molar-refractivity contribution in [1.82, 2.24) is 10.2 Å². The third-order valence-electron chi connectivity index (χ3n) is 2.78. The van der Waals surface area contributed by atoms with Gasteiger partial charge in [0, 0.05) is 20.8 Å². The van der Waals surface area contributed by atoms with Crippen LogP contribution in [0.15, 0.2) is 5.10 Å². The van der Waals surface area contributed by atoms with Gasteiger partial charge in [0.1, 0.15) is 5.71 Å². The maximum absolute atomic E-state index is 12.1. The molecule has 1 aliphatic heterocycles. The third kappa shape index (κ3) is 3.31. The minimum absolute atomic E-state index is 0.0506. The molecule has 1 unspecified atom stereocenters. The van der Waals surface area contributed by atoms with Gasteiger partial charge in [-0.05, 0) is 0 Å². The fraction of sp³-hybridized carbons (Fsp3) is 0.636. The Hall–Kier alpha value is -2.00. The molecule has 3 amide bonds. The molecule has 0 spiro atoms. The average Bonchev–Trinajstić information content (AvgIpc) is 2.67. The molecule has 0 saturated carbocycles. The topological polar surface area (TPSA) is 123 Å². The van der Waals surface area contributed by atoms with Crippen LogP contribution in [0.2, 0.25) is 0 Å². The number of likely N-dealkylation sites (tertiary alicyclic amines) is 1. The van der Waals surface area contributed by atoms with E-state index in [0.29, 0.717) is 6.61 Å². The quantitative estimate of drug-likeness (QED) is 0.178. The van der Waals surface area contributed by atoms with E-state index in [2.05, 4.69) is 10.4 Å². The number of hydrogen-bond donors (Lipinski definition) is 2. The lowest BCUT2D eigenvalue weighted by Crippen LogP contribution is -2.40. The summed E-state index contributed by atoms with van der Waals surface area (Å²) in [6.07, 6.45) is 0. The number of rotatable bonds is 7. The number of nitrogens with one attached hydrogen (secondary N) is 1. The molecular weight excluding hydrogens is 268 g/mol. The molecule has 0 bridgehead atoms. The van der Waals surface area contributed by atoms with Crippen LogP contribution in [0.1, 0.15) is 0 Å². The van der Waals surface area contributed by atoms with Gasteiger partial charge in [-0.3, -0.25) is 19.3 Å². The Morgan fingerprint density at radius 1 is 1.35 bits per heavy atom. The molecule has 9 nitrogen and oxygen atoms in total. The van der Waals surface area contributed by atoms with Gasteiger partial charge in [-0.1, -0.05) is 0 Å². The van der Waals surface area contributed by atoms with Crippen LogP contribution in [0.4, 0.5) is 0 Å². The van der Waals surface area contributed by atoms with E-state index in [4.69, 9.17) is 15.3 Å². The normalized spacial score (nSPS) is 20.8. The second kappa shape index (κ2) is 7.56. The molecule has 1 aliphatic rings. The molecule has 9 heteroatoms. The highest BCUT2D eigenvalue weighted by molar-refractivity contribution is 6.54. The van der Waals surface area contributed by atoms with E-state index in [9.17, 15) is 14.4 Å². The molecule has 1 heterocycles. The van der Waals surface area contributed by atoms with Gasteiger partial charge >= 0.3 is 0 Å². The number of methoxy groups -OCH3 is 2. The van der Waals surface area contributed by atoms with Crippen LogP contribution in [0.25, 0.3) is 0 Å². The number of nitrogens with two attached hydrogens (primary N) is 1. The summed E-state index contributed by atoms with van der Waals surface area (Å²) >= 11 is 0. The minimum Gasteiger partial charge on any atom is -0.383 e. The summed E-state index contributed by atoms with van der Waals surface area (Å²) in [4.78, 5) is 36.9. The smallest absolute Gasteiger partial charge is 0.278 e. The summed E-state index contributed by atoms with van der Waals surface area (Å²) in [5.74, 6) is 1.87. The summed E-state index contributed by atoms with van der Waals surface area (Å²) in [5.41, 5.74) is -0.263. The summed E-state index contributed by atoms with van der Waals surface area (Å²) in [7, 11) is 2.92. The number of imide groups is 1. The number of nitrogens with zero attached hydrogens (tertiary/aromatic N) is 2. The van der Waals surface area contributed by atoms with Crippen LogP contribution in [0, 0.1) is 5.92 Å². The van der Waals surface area contributed by atoms with Gasteiger partial charge in [0.15, 0.2) is 5.92 Å². The van der Waals surface area contributed by atoms with E-state index in [0.717, 1.165) is 4.90 Å². The van der Waals surface area contributed by atoms with Crippen LogP contribution in [-0.2, 0) is 23.9 Å². The zero-order valence-electron chi connectivity index (χ0n) is 11.4. The second-order valence-electron chi connectivity index (χ2n) is 4.02. The fourth-order valence-corrected chi connectivity index (χ4v) is 1.77. The van der Waals surface area contributed by atoms with Crippen LogP contribution in [0.5, 0.6) is 0 Å². The first kappa shape index (κ1) is 16.1. The van der Waals surface area contributed by atoms with Crippen molar-refractivity contribution in [1.29, 1.82) is 0 Å². The number of carbonyl (C=O) groups excluding carboxylic acids is 3. The number of hydrazone groups is 1. The highest BCUT2D eigenvalue weighted by Crippen LogP contribution is 2.17. The molecule has 0 aromatic heterocycles. The van der Waals surface area contributed by atoms with Gasteiger partial charge in [-0.2, -0.15) is 5.10 Å². The second-order valence-corrected chi connectivity index (χ2v) is 4.02. The summed E-state index contributed by atoms with van der Waals surface area (Å²) < 4.78 is 9.59. The van der Waals surface area contributed by atoms with E-state index in [1.165, 1.54) is 14.2 Å². The Morgan fingerprint density at radius 3 is 2.55 bits per heavy atom. The zero-order chi connectivity index (χ0) is 15.1. The zero-order valence-corrected chi connectivity index (χ0v) is 11.4. The first-order valence-corrected chi connectivity index (χ1v) is 5.97. The Labute approximate surface area is 116 Å². The Balaban J connectivity index is 2.81. The van der Waals surface area contributed by atoms with Gasteiger partial charge in [-0.15, -0.1) is 0 Å². The molecule has 1 saturated heterocycles. The van der Waals surface area contributed by atoms with E-state index in [-0.39, 0.29) is 25.4 Å². The maximum atomic E-state index is 12.1. The lowest BCUT2D eigenvalue weighted by Gasteiger charge is -2.13. The van der Waals surface area contributed by atoms with Crippen molar-refractivity contribution in [2.24, 2.45) is 16.9 Å². The third-order valence-corrected chi connectivity index (χ3v) is 2.78. The summed E-state index contributed by atoms with van der Waals surface area (Å²) in [6, 6.07) is 0. The average molecular weight is 286 g/mol. The van der Waals surface area contributed by atoms with E-state index in [1.54, 1.807) is 0 Å². The molecule has 20 heavy (non-hydrogen) atoms. The van der Waals surface area contributed by atoms with E-state index >= 15 is 0 Å². The van der Waals surface area contributed by atoms with Gasteiger partial charge in [0.2, 0.25) is 11.8 Å². The first-order valence-electron chi connectivity index (χ1n) is 5.97. The van der Waals surface area contributed by atoms with Crippen LogP contribution in [-0.4, -0.2) is 68.9 Å². The molecule has 0 aromatic rings. The molecule has 0 aromatic carbocycles. The van der Waals surface area contributed by atoms with Crippen LogP contribution in [0.3, 0.4) is 0 Å². The maximum Gasteiger partial charge on any atom is 0.278 e. The number of ether oxygens (including phenoxy) is 2. The molecule has 0 aliphatic carbocycles. The van der Waals surface area contributed by atoms with Gasteiger partial charge in [0.25, 0.3) is 5.91 Å². The lowest BCUT2D eigenvalue weighted by molar-refractivity contribution is -0.141. The predicted molar refractivity (Wildman–Crippen MR) is 68.6 cm³/mol. The standard InChI is InChI=1S/C11H18N4O5/c1-19-5-3-13-9(16)7-8(14-12)11(18)15(10(7)17)4-6-20-2/h7H,3-6,12H2,1-2H3,(H,13,16)/b14-8+. The Kier molecular flexibility index (Phi) is 6.07. The van der Waals surface area contributed by atoms with Crippen molar-refractivity contribution < 1.29 is 23.9 Å². The monoisotopic (exact) mass is 286 g/mol. The molecule has 3 N–H and O–H groups in total. The van der Waals surface area contributed by atoms with E-state index < -0.39 is 23.6 Å². The van der Waals surface area contributed by atoms with Crippen molar-refractivity contribution >= 4 is 23.4 Å². The molecule has 1 fully saturated rings. The number of amides is 3. The highest BCUT2D eigenvalue weighted by atomic mass is 16.5. The highest BCUT2D eigenvalue weighted by Gasteiger charge is 2.48. The first-order chi connectivity index (χ1) is 9.58. The molecule has 0 radical (unpaired) electrons. The van der Waals surface area contributed by atoms with Crippen molar-refractivity contribution in [3.05, 3.63) is 0 Å². The largest absolute Gasteiger partial charge is 0.383 e. The predicted octanol–water partition coefficient (Wildman–Crippen LogP) is -2.30. The molecule has 1 rings (SSSR count). The number of carbonyl (C=O) groups is 3. The SMILES string of the molecule is COCCNC(=O)C1C(=O)N(CCOC)C(=O)/C1=N/N. The van der Waals surface area contributed by atoms with Crippen LogP contribution < -0.4 is 11.2 Å². The van der Waals surface area contributed by atoms with E-state index in [1.807, 2.05) is 0 Å².